The molecule has 0 bridgehead atoms. The zero-order valence-corrected chi connectivity index (χ0v) is 18.0. The topological polar surface area (TPSA) is 78.9 Å². The molecular formula is C27H20FN5O. The summed E-state index contributed by atoms with van der Waals surface area (Å²) in [6.07, 6.45) is 6.75. The number of aromatic nitrogens is 2. The second kappa shape index (κ2) is 9.38. The molecule has 5 rings (SSSR count). The van der Waals surface area contributed by atoms with E-state index in [2.05, 4.69) is 25.9 Å². The number of amides is 1. The van der Waals surface area contributed by atoms with Gasteiger partial charge in [0.15, 0.2) is 0 Å². The van der Waals surface area contributed by atoms with Gasteiger partial charge in [0.05, 0.1) is 11.9 Å². The number of pyridine rings is 2. The highest BCUT2D eigenvalue weighted by molar-refractivity contribution is 6.05. The van der Waals surface area contributed by atoms with Gasteiger partial charge in [-0.2, -0.15) is 0 Å². The Balaban J connectivity index is 1.29. The van der Waals surface area contributed by atoms with E-state index >= 15 is 0 Å². The van der Waals surface area contributed by atoms with Crippen LogP contribution in [0.25, 0.3) is 10.8 Å². The number of hydrogen-bond acceptors (Lipinski definition) is 5. The Labute approximate surface area is 195 Å². The molecule has 6 nitrogen and oxygen atoms in total. The van der Waals surface area contributed by atoms with Crippen molar-refractivity contribution < 1.29 is 9.18 Å². The van der Waals surface area contributed by atoms with Crippen molar-refractivity contribution in [2.45, 2.75) is 0 Å². The Kier molecular flexibility index (Phi) is 5.82. The van der Waals surface area contributed by atoms with Crippen molar-refractivity contribution in [3.8, 4) is 0 Å². The molecule has 166 valence electrons. The number of rotatable bonds is 6. The highest BCUT2D eigenvalue weighted by atomic mass is 19.1. The third kappa shape index (κ3) is 4.83. The van der Waals surface area contributed by atoms with E-state index in [0.717, 1.165) is 16.8 Å². The largest absolute Gasteiger partial charge is 0.355 e. The van der Waals surface area contributed by atoms with Gasteiger partial charge in [-0.05, 0) is 72.8 Å². The maximum absolute atomic E-state index is 13.8. The molecule has 1 amide bonds. The third-order valence-electron chi connectivity index (χ3n) is 5.24. The average molecular weight is 449 g/mol. The predicted molar refractivity (Wildman–Crippen MR) is 133 cm³/mol. The van der Waals surface area contributed by atoms with E-state index in [-0.39, 0.29) is 11.7 Å². The minimum atomic E-state index is -0.322. The van der Waals surface area contributed by atoms with Gasteiger partial charge in [0.2, 0.25) is 0 Å². The molecule has 0 aliphatic rings. The molecule has 0 unspecified atom stereocenters. The first kappa shape index (κ1) is 21.1. The fourth-order valence-electron chi connectivity index (χ4n) is 3.57. The van der Waals surface area contributed by atoms with Gasteiger partial charge >= 0.3 is 0 Å². The number of halogens is 1. The standard InChI is InChI=1S/C27H20FN5O/c28-20-5-4-19-16-30-17-26(25(19)15-20)32-24-3-1-2-18(14-24)27(34)33-22-8-6-21(7-9-22)31-23-10-12-29-13-11-23/h1-17,32H,(H,29,31)(H,33,34). The van der Waals surface area contributed by atoms with E-state index in [9.17, 15) is 9.18 Å². The molecule has 2 heterocycles. The number of anilines is 5. The van der Waals surface area contributed by atoms with Gasteiger partial charge in [0.25, 0.3) is 5.91 Å². The molecule has 34 heavy (non-hydrogen) atoms. The van der Waals surface area contributed by atoms with E-state index < -0.39 is 0 Å². The maximum atomic E-state index is 13.8. The summed E-state index contributed by atoms with van der Waals surface area (Å²) in [6.45, 7) is 0. The summed E-state index contributed by atoms with van der Waals surface area (Å²) >= 11 is 0. The number of nitrogens with one attached hydrogen (secondary N) is 3. The first-order chi connectivity index (χ1) is 16.6. The van der Waals surface area contributed by atoms with Crippen LogP contribution in [-0.4, -0.2) is 15.9 Å². The van der Waals surface area contributed by atoms with Crippen molar-refractivity contribution in [2.75, 3.05) is 16.0 Å². The molecule has 0 atom stereocenters. The second-order valence-corrected chi connectivity index (χ2v) is 7.65. The third-order valence-corrected chi connectivity index (χ3v) is 5.24. The van der Waals surface area contributed by atoms with Crippen molar-refractivity contribution in [3.63, 3.8) is 0 Å². The van der Waals surface area contributed by atoms with Crippen LogP contribution in [0.4, 0.5) is 32.8 Å². The maximum Gasteiger partial charge on any atom is 0.255 e. The van der Waals surface area contributed by atoms with E-state index in [4.69, 9.17) is 0 Å². The van der Waals surface area contributed by atoms with Crippen LogP contribution in [0.3, 0.4) is 0 Å². The molecule has 0 saturated carbocycles. The Morgan fingerprint density at radius 2 is 1.47 bits per heavy atom. The van der Waals surface area contributed by atoms with Gasteiger partial charge in [-0.15, -0.1) is 0 Å². The van der Waals surface area contributed by atoms with Crippen LogP contribution in [0.5, 0.6) is 0 Å². The van der Waals surface area contributed by atoms with Gasteiger partial charge < -0.3 is 16.0 Å². The molecule has 0 radical (unpaired) electrons. The number of carbonyl (C=O) groups is 1. The van der Waals surface area contributed by atoms with E-state index in [1.165, 1.54) is 12.1 Å². The minimum Gasteiger partial charge on any atom is -0.355 e. The predicted octanol–water partition coefficient (Wildman–Crippen LogP) is 6.51. The van der Waals surface area contributed by atoms with Crippen molar-refractivity contribution >= 4 is 45.1 Å². The summed E-state index contributed by atoms with van der Waals surface area (Å²) < 4.78 is 13.8. The van der Waals surface area contributed by atoms with Gasteiger partial charge in [0, 0.05) is 57.7 Å². The van der Waals surface area contributed by atoms with Crippen LogP contribution in [0, 0.1) is 5.82 Å². The van der Waals surface area contributed by atoms with E-state index in [0.29, 0.717) is 28.0 Å². The summed E-state index contributed by atoms with van der Waals surface area (Å²) in [6, 6.07) is 22.9. The van der Waals surface area contributed by atoms with Crippen LogP contribution >= 0.6 is 0 Å². The molecule has 0 aliphatic heterocycles. The Morgan fingerprint density at radius 3 is 2.29 bits per heavy atom. The van der Waals surface area contributed by atoms with E-state index in [1.54, 1.807) is 49.1 Å². The van der Waals surface area contributed by atoms with Gasteiger partial charge in [-0.3, -0.25) is 14.8 Å². The normalized spacial score (nSPS) is 10.6. The first-order valence-corrected chi connectivity index (χ1v) is 10.6. The van der Waals surface area contributed by atoms with Crippen LogP contribution in [0.15, 0.2) is 104 Å². The lowest BCUT2D eigenvalue weighted by molar-refractivity contribution is 0.102. The lowest BCUT2D eigenvalue weighted by Crippen LogP contribution is -2.12. The number of nitrogens with zero attached hydrogens (tertiary/aromatic N) is 2. The Bertz CT molecular complexity index is 1460. The summed E-state index contributed by atoms with van der Waals surface area (Å²) in [4.78, 5) is 21.0. The lowest BCUT2D eigenvalue weighted by Gasteiger charge is -2.12. The van der Waals surface area contributed by atoms with Crippen molar-refractivity contribution in [3.05, 3.63) is 115 Å². The highest BCUT2D eigenvalue weighted by Gasteiger charge is 2.09. The SMILES string of the molecule is O=C(Nc1ccc(Nc2ccncc2)cc1)c1cccc(Nc2cncc3ccc(F)cc23)c1. The van der Waals surface area contributed by atoms with Crippen LogP contribution in [0.1, 0.15) is 10.4 Å². The van der Waals surface area contributed by atoms with Crippen LogP contribution in [-0.2, 0) is 0 Å². The van der Waals surface area contributed by atoms with Gasteiger partial charge in [-0.1, -0.05) is 6.07 Å². The van der Waals surface area contributed by atoms with Gasteiger partial charge in [-0.25, -0.2) is 4.39 Å². The van der Waals surface area contributed by atoms with Crippen LogP contribution < -0.4 is 16.0 Å². The molecule has 7 heteroatoms. The average Bonchev–Trinajstić information content (AvgIpc) is 2.86. The molecule has 3 N–H and O–H groups in total. The molecule has 0 aliphatic carbocycles. The minimum absolute atomic E-state index is 0.236. The lowest BCUT2D eigenvalue weighted by atomic mass is 10.1. The van der Waals surface area contributed by atoms with Gasteiger partial charge in [0.1, 0.15) is 5.82 Å². The number of carbonyl (C=O) groups excluding carboxylic acids is 1. The zero-order chi connectivity index (χ0) is 23.3. The number of benzene rings is 3. The molecular weight excluding hydrogens is 429 g/mol. The molecule has 2 aromatic heterocycles. The number of hydrogen-bond donors (Lipinski definition) is 3. The van der Waals surface area contributed by atoms with Crippen molar-refractivity contribution in [1.82, 2.24) is 9.97 Å². The summed E-state index contributed by atoms with van der Waals surface area (Å²) in [5, 5.41) is 11.0. The molecule has 3 aromatic carbocycles. The summed E-state index contributed by atoms with van der Waals surface area (Å²) in [5.74, 6) is -0.558. The Hall–Kier alpha value is -4.78. The summed E-state index contributed by atoms with van der Waals surface area (Å²) in [7, 11) is 0. The van der Waals surface area contributed by atoms with Crippen molar-refractivity contribution in [1.29, 1.82) is 0 Å². The highest BCUT2D eigenvalue weighted by Crippen LogP contribution is 2.27. The fourth-order valence-corrected chi connectivity index (χ4v) is 3.57. The van der Waals surface area contributed by atoms with E-state index in [1.807, 2.05) is 42.5 Å². The number of fused-ring (bicyclic) bond motifs is 1. The smallest absolute Gasteiger partial charge is 0.255 e. The van der Waals surface area contributed by atoms with Crippen molar-refractivity contribution in [2.24, 2.45) is 0 Å². The molecule has 5 aromatic rings. The molecule has 0 saturated heterocycles. The Morgan fingerprint density at radius 1 is 0.706 bits per heavy atom. The second-order valence-electron chi connectivity index (χ2n) is 7.65. The monoisotopic (exact) mass is 449 g/mol. The zero-order valence-electron chi connectivity index (χ0n) is 18.0. The first-order valence-electron chi connectivity index (χ1n) is 10.6. The van der Waals surface area contributed by atoms with Crippen LogP contribution in [0.2, 0.25) is 0 Å². The molecule has 0 spiro atoms. The summed E-state index contributed by atoms with van der Waals surface area (Å²) in [5.41, 5.74) is 4.35. The quantitative estimate of drug-likeness (QED) is 0.275. The fraction of sp³-hybridized carbons (Fsp3) is 0. The molecule has 0 fully saturated rings.